The van der Waals surface area contributed by atoms with Gasteiger partial charge in [-0.05, 0) is 50.8 Å². The summed E-state index contributed by atoms with van der Waals surface area (Å²) in [6.45, 7) is 8.10. The molecule has 2 nitrogen and oxygen atoms in total. The van der Waals surface area contributed by atoms with E-state index in [0.29, 0.717) is 6.04 Å². The predicted molar refractivity (Wildman–Crippen MR) is 80.3 cm³/mol. The Bertz CT molecular complexity index is 324. The molecule has 1 N–H and O–H groups in total. The van der Waals surface area contributed by atoms with Crippen molar-refractivity contribution in [2.24, 2.45) is 0 Å². The smallest absolute Gasteiger partial charge is 0.0664 e. The Morgan fingerprint density at radius 3 is 2.39 bits per heavy atom. The van der Waals surface area contributed by atoms with Crippen LogP contribution in [0.1, 0.15) is 38.8 Å². The molecule has 18 heavy (non-hydrogen) atoms. The quantitative estimate of drug-likeness (QED) is 0.722. The highest BCUT2D eigenvalue weighted by Gasteiger charge is 2.11. The lowest BCUT2D eigenvalue weighted by Crippen LogP contribution is -2.27. The van der Waals surface area contributed by atoms with Gasteiger partial charge < -0.3 is 10.1 Å². The Morgan fingerprint density at radius 2 is 1.89 bits per heavy atom. The largest absolute Gasteiger partial charge is 0.377 e. The van der Waals surface area contributed by atoms with E-state index in [1.165, 1.54) is 10.5 Å². The van der Waals surface area contributed by atoms with Crippen molar-refractivity contribution in [1.29, 1.82) is 0 Å². The molecule has 0 radical (unpaired) electrons. The van der Waals surface area contributed by atoms with E-state index in [0.717, 1.165) is 19.6 Å². The van der Waals surface area contributed by atoms with E-state index in [4.69, 9.17) is 4.74 Å². The first-order valence-electron chi connectivity index (χ1n) is 6.66. The number of nitrogens with one attached hydrogen (secondary N) is 1. The van der Waals surface area contributed by atoms with Gasteiger partial charge >= 0.3 is 0 Å². The lowest BCUT2D eigenvalue weighted by Gasteiger charge is -2.20. The van der Waals surface area contributed by atoms with Gasteiger partial charge in [0.25, 0.3) is 0 Å². The molecule has 1 rings (SSSR count). The van der Waals surface area contributed by atoms with Crippen molar-refractivity contribution in [2.75, 3.05) is 19.4 Å². The molecule has 0 aliphatic carbocycles. The Hall–Kier alpha value is -0.510. The SMILES string of the molecule is CCCNC(COC(C)C)c1ccc(SC)cc1. The highest BCUT2D eigenvalue weighted by Crippen LogP contribution is 2.19. The van der Waals surface area contributed by atoms with E-state index < -0.39 is 0 Å². The maximum absolute atomic E-state index is 5.74. The summed E-state index contributed by atoms with van der Waals surface area (Å²) in [7, 11) is 0. The van der Waals surface area contributed by atoms with Crippen LogP contribution in [-0.2, 0) is 4.74 Å². The zero-order valence-electron chi connectivity index (χ0n) is 11.9. The first-order chi connectivity index (χ1) is 8.67. The first-order valence-corrected chi connectivity index (χ1v) is 7.88. The Balaban J connectivity index is 2.66. The molecule has 0 saturated heterocycles. The lowest BCUT2D eigenvalue weighted by atomic mass is 10.1. The fraction of sp³-hybridized carbons (Fsp3) is 0.600. The van der Waals surface area contributed by atoms with Crippen LogP contribution in [0.2, 0.25) is 0 Å². The number of benzene rings is 1. The van der Waals surface area contributed by atoms with Crippen molar-refractivity contribution in [3.63, 3.8) is 0 Å². The molecule has 0 fully saturated rings. The van der Waals surface area contributed by atoms with Crippen molar-refractivity contribution in [1.82, 2.24) is 5.32 Å². The van der Waals surface area contributed by atoms with Crippen LogP contribution in [0.5, 0.6) is 0 Å². The van der Waals surface area contributed by atoms with Gasteiger partial charge in [0.1, 0.15) is 0 Å². The standard InChI is InChI=1S/C15H25NOS/c1-5-10-16-15(11-17-12(2)3)13-6-8-14(18-4)9-7-13/h6-9,12,15-16H,5,10-11H2,1-4H3. The van der Waals surface area contributed by atoms with Crippen molar-refractivity contribution in [3.05, 3.63) is 29.8 Å². The van der Waals surface area contributed by atoms with E-state index in [1.54, 1.807) is 11.8 Å². The Morgan fingerprint density at radius 1 is 1.22 bits per heavy atom. The third-order valence-corrected chi connectivity index (χ3v) is 3.50. The minimum Gasteiger partial charge on any atom is -0.377 e. The van der Waals surface area contributed by atoms with Gasteiger partial charge in [0.15, 0.2) is 0 Å². The van der Waals surface area contributed by atoms with E-state index in [-0.39, 0.29) is 6.10 Å². The van der Waals surface area contributed by atoms with Crippen LogP contribution in [0.15, 0.2) is 29.2 Å². The van der Waals surface area contributed by atoms with Gasteiger partial charge in [0.05, 0.1) is 18.8 Å². The molecule has 1 unspecified atom stereocenters. The molecule has 3 heteroatoms. The molecule has 0 bridgehead atoms. The summed E-state index contributed by atoms with van der Waals surface area (Å²) < 4.78 is 5.74. The maximum Gasteiger partial charge on any atom is 0.0664 e. The second kappa shape index (κ2) is 8.57. The highest BCUT2D eigenvalue weighted by molar-refractivity contribution is 7.98. The normalized spacial score (nSPS) is 12.9. The Kier molecular flexibility index (Phi) is 7.40. The summed E-state index contributed by atoms with van der Waals surface area (Å²) in [5.41, 5.74) is 1.31. The van der Waals surface area contributed by atoms with E-state index in [1.807, 2.05) is 0 Å². The third kappa shape index (κ3) is 5.42. The van der Waals surface area contributed by atoms with Crippen molar-refractivity contribution in [3.8, 4) is 0 Å². The average Bonchev–Trinajstić information content (AvgIpc) is 2.39. The van der Waals surface area contributed by atoms with Crippen LogP contribution in [0, 0.1) is 0 Å². The first kappa shape index (κ1) is 15.5. The molecule has 0 saturated carbocycles. The molecule has 0 aromatic heterocycles. The van der Waals surface area contributed by atoms with E-state index in [9.17, 15) is 0 Å². The number of hydrogen-bond acceptors (Lipinski definition) is 3. The Labute approximate surface area is 116 Å². The molecule has 102 valence electrons. The van der Waals surface area contributed by atoms with Crippen LogP contribution in [-0.4, -0.2) is 25.5 Å². The monoisotopic (exact) mass is 267 g/mol. The number of ether oxygens (including phenoxy) is 1. The molecule has 0 heterocycles. The third-order valence-electron chi connectivity index (χ3n) is 2.76. The molecular weight excluding hydrogens is 242 g/mol. The van der Waals surface area contributed by atoms with Crippen molar-refractivity contribution >= 4 is 11.8 Å². The summed E-state index contributed by atoms with van der Waals surface area (Å²) in [5, 5.41) is 3.55. The fourth-order valence-electron chi connectivity index (χ4n) is 1.72. The minimum absolute atomic E-state index is 0.279. The van der Waals surface area contributed by atoms with Gasteiger partial charge in [-0.3, -0.25) is 0 Å². The topological polar surface area (TPSA) is 21.3 Å². The maximum atomic E-state index is 5.74. The second-order valence-electron chi connectivity index (χ2n) is 4.66. The summed E-state index contributed by atoms with van der Waals surface area (Å²) in [6, 6.07) is 9.04. The van der Waals surface area contributed by atoms with E-state index >= 15 is 0 Å². The van der Waals surface area contributed by atoms with Gasteiger partial charge in [0.2, 0.25) is 0 Å². The number of rotatable bonds is 8. The van der Waals surface area contributed by atoms with Crippen LogP contribution in [0.4, 0.5) is 0 Å². The molecule has 0 aliphatic rings. The van der Waals surface area contributed by atoms with Crippen LogP contribution < -0.4 is 5.32 Å². The summed E-state index contributed by atoms with van der Waals surface area (Å²) in [4.78, 5) is 1.30. The van der Waals surface area contributed by atoms with E-state index in [2.05, 4.69) is 56.6 Å². The summed E-state index contributed by atoms with van der Waals surface area (Å²) in [6.07, 6.45) is 3.52. The number of thioether (sulfide) groups is 1. The zero-order chi connectivity index (χ0) is 13.4. The van der Waals surface area contributed by atoms with Gasteiger partial charge in [-0.15, -0.1) is 11.8 Å². The minimum atomic E-state index is 0.279. The van der Waals surface area contributed by atoms with Crippen LogP contribution >= 0.6 is 11.8 Å². The lowest BCUT2D eigenvalue weighted by molar-refractivity contribution is 0.0611. The van der Waals surface area contributed by atoms with Gasteiger partial charge in [0, 0.05) is 4.90 Å². The number of hydrogen-bond donors (Lipinski definition) is 1. The average molecular weight is 267 g/mol. The van der Waals surface area contributed by atoms with Gasteiger partial charge in [-0.1, -0.05) is 19.1 Å². The zero-order valence-corrected chi connectivity index (χ0v) is 12.7. The van der Waals surface area contributed by atoms with Crippen molar-refractivity contribution < 1.29 is 4.74 Å². The predicted octanol–water partition coefficient (Wildman–Crippen LogP) is 3.87. The van der Waals surface area contributed by atoms with Gasteiger partial charge in [-0.25, -0.2) is 0 Å². The van der Waals surface area contributed by atoms with Crippen molar-refractivity contribution in [2.45, 2.75) is 44.2 Å². The molecular formula is C15H25NOS. The molecule has 1 aromatic carbocycles. The summed E-state index contributed by atoms with van der Waals surface area (Å²) >= 11 is 1.77. The highest BCUT2D eigenvalue weighted by atomic mass is 32.2. The molecule has 0 spiro atoms. The molecule has 1 atom stereocenters. The molecule has 0 amide bonds. The molecule has 0 aliphatic heterocycles. The van der Waals surface area contributed by atoms with Crippen LogP contribution in [0.3, 0.4) is 0 Å². The molecule has 1 aromatic rings. The fourth-order valence-corrected chi connectivity index (χ4v) is 2.12. The second-order valence-corrected chi connectivity index (χ2v) is 5.54. The summed E-state index contributed by atoms with van der Waals surface area (Å²) in [5.74, 6) is 0. The van der Waals surface area contributed by atoms with Crippen LogP contribution in [0.25, 0.3) is 0 Å². The van der Waals surface area contributed by atoms with Gasteiger partial charge in [-0.2, -0.15) is 0 Å².